The van der Waals surface area contributed by atoms with E-state index in [1.807, 2.05) is 85.1 Å². The minimum Gasteiger partial charge on any atom is -0.457 e. The largest absolute Gasteiger partial charge is 0.457 e. The number of dihydropyridines is 1. The van der Waals surface area contributed by atoms with Gasteiger partial charge in [0.2, 0.25) is 5.91 Å². The summed E-state index contributed by atoms with van der Waals surface area (Å²) in [5.41, 5.74) is 2.81. The number of nitriles is 1. The predicted molar refractivity (Wildman–Crippen MR) is 165 cm³/mol. The van der Waals surface area contributed by atoms with Crippen LogP contribution in [0.25, 0.3) is 0 Å². The molecule has 2 amide bonds. The molecule has 5 rings (SSSR count). The number of nitrogens with one attached hydrogen (secondary N) is 3. The molecule has 0 bridgehead atoms. The number of allylic oxidation sites excluding steroid dienone is 2. The van der Waals surface area contributed by atoms with Crippen molar-refractivity contribution in [2.24, 2.45) is 0 Å². The number of hydrogen-bond donors (Lipinski definition) is 3. The lowest BCUT2D eigenvalue weighted by Gasteiger charge is -2.29. The third-order valence-electron chi connectivity index (χ3n) is 6.22. The molecule has 1 aromatic heterocycles. The van der Waals surface area contributed by atoms with E-state index in [4.69, 9.17) is 4.74 Å². The zero-order chi connectivity index (χ0) is 28.6. The van der Waals surface area contributed by atoms with Gasteiger partial charge in [0, 0.05) is 27.5 Å². The average molecular weight is 579 g/mol. The van der Waals surface area contributed by atoms with Crippen LogP contribution in [0.4, 0.5) is 11.4 Å². The van der Waals surface area contributed by atoms with Crippen molar-refractivity contribution in [1.82, 2.24) is 5.32 Å². The first-order valence-corrected chi connectivity index (χ1v) is 14.7. The summed E-state index contributed by atoms with van der Waals surface area (Å²) >= 11 is 2.71. The zero-order valence-corrected chi connectivity index (χ0v) is 23.7. The van der Waals surface area contributed by atoms with Crippen LogP contribution in [0.15, 0.2) is 124 Å². The highest BCUT2D eigenvalue weighted by molar-refractivity contribution is 8.03. The fourth-order valence-electron chi connectivity index (χ4n) is 4.35. The molecule has 3 N–H and O–H groups in total. The van der Waals surface area contributed by atoms with Crippen molar-refractivity contribution >= 4 is 46.3 Å². The predicted octanol–water partition coefficient (Wildman–Crippen LogP) is 7.25. The van der Waals surface area contributed by atoms with Crippen molar-refractivity contribution < 1.29 is 14.3 Å². The Balaban J connectivity index is 1.28. The first-order valence-electron chi connectivity index (χ1n) is 12.8. The lowest BCUT2D eigenvalue weighted by Crippen LogP contribution is -2.30. The Kier molecular flexibility index (Phi) is 8.84. The summed E-state index contributed by atoms with van der Waals surface area (Å²) in [4.78, 5) is 27.1. The Morgan fingerprint density at radius 3 is 2.22 bits per heavy atom. The molecule has 3 aromatic carbocycles. The summed E-state index contributed by atoms with van der Waals surface area (Å²) < 4.78 is 5.80. The Bertz CT molecular complexity index is 1630. The highest BCUT2D eigenvalue weighted by Crippen LogP contribution is 2.42. The van der Waals surface area contributed by atoms with E-state index in [0.29, 0.717) is 39.0 Å². The number of ether oxygens (including phenoxy) is 1. The maximum absolute atomic E-state index is 13.4. The lowest BCUT2D eigenvalue weighted by atomic mass is 9.86. The number of thioether (sulfide) groups is 1. The van der Waals surface area contributed by atoms with Gasteiger partial charge < -0.3 is 20.7 Å². The minimum atomic E-state index is -0.548. The second-order valence-electron chi connectivity index (χ2n) is 9.06. The van der Waals surface area contributed by atoms with Crippen LogP contribution in [-0.2, 0) is 9.59 Å². The molecule has 41 heavy (non-hydrogen) atoms. The van der Waals surface area contributed by atoms with Gasteiger partial charge in [0.05, 0.1) is 28.3 Å². The number of amides is 2. The molecular weight excluding hydrogens is 553 g/mol. The molecule has 0 radical (unpaired) electrons. The molecular formula is C32H26N4O3S2. The number of thiophene rings is 1. The highest BCUT2D eigenvalue weighted by Gasteiger charge is 2.35. The third kappa shape index (κ3) is 6.87. The number of carbonyl (C=O) groups excluding carboxylic acids is 2. The maximum atomic E-state index is 13.4. The number of hydrogen-bond acceptors (Lipinski definition) is 7. The summed E-state index contributed by atoms with van der Waals surface area (Å²) in [6.45, 7) is 1.81. The summed E-state index contributed by atoms with van der Waals surface area (Å²) in [6, 6.07) is 31.9. The maximum Gasteiger partial charge on any atom is 0.254 e. The number of rotatable bonds is 9. The van der Waals surface area contributed by atoms with Crippen molar-refractivity contribution in [3.05, 3.63) is 129 Å². The van der Waals surface area contributed by atoms with E-state index in [1.54, 1.807) is 24.3 Å². The van der Waals surface area contributed by atoms with Crippen molar-refractivity contribution in [2.75, 3.05) is 16.4 Å². The van der Waals surface area contributed by atoms with Gasteiger partial charge in [-0.1, -0.05) is 54.2 Å². The fourth-order valence-corrected chi connectivity index (χ4v) is 6.09. The molecule has 0 unspecified atom stereocenters. The van der Waals surface area contributed by atoms with E-state index in [0.717, 1.165) is 10.6 Å². The molecule has 0 aliphatic carbocycles. The van der Waals surface area contributed by atoms with Crippen LogP contribution in [0.1, 0.15) is 17.7 Å². The van der Waals surface area contributed by atoms with Gasteiger partial charge in [0.15, 0.2) is 0 Å². The van der Waals surface area contributed by atoms with Crippen LogP contribution >= 0.6 is 23.1 Å². The van der Waals surface area contributed by atoms with E-state index >= 15 is 0 Å². The van der Waals surface area contributed by atoms with Gasteiger partial charge in [-0.05, 0) is 66.9 Å². The molecule has 0 saturated heterocycles. The second-order valence-corrected chi connectivity index (χ2v) is 11.0. The first-order chi connectivity index (χ1) is 20.0. The van der Waals surface area contributed by atoms with E-state index in [1.165, 1.54) is 23.1 Å². The third-order valence-corrected chi connectivity index (χ3v) is 8.17. The van der Waals surface area contributed by atoms with E-state index in [2.05, 4.69) is 22.0 Å². The standard InChI is InChI=1S/C32H26N4O3S2/c1-21-29(31(38)36-22-9-4-2-5-10-22)30(27-13-8-18-40-27)26(19-33)32(34-21)41-20-28(37)35-23-14-16-25(17-15-23)39-24-11-6-3-7-12-24/h2-18,30,34H,20H2,1H3,(H,35,37)(H,36,38)/t30-/m0/s1. The van der Waals surface area contributed by atoms with Crippen LogP contribution < -0.4 is 20.7 Å². The van der Waals surface area contributed by atoms with Gasteiger partial charge in [-0.3, -0.25) is 9.59 Å². The van der Waals surface area contributed by atoms with Gasteiger partial charge in [-0.25, -0.2) is 0 Å². The monoisotopic (exact) mass is 578 g/mol. The molecule has 204 valence electrons. The molecule has 2 heterocycles. The molecule has 7 nitrogen and oxygen atoms in total. The molecule has 1 atom stereocenters. The topological polar surface area (TPSA) is 103 Å². The SMILES string of the molecule is CC1=C(C(=O)Nc2ccccc2)[C@H](c2cccs2)C(C#N)=C(SCC(=O)Nc2ccc(Oc3ccccc3)cc2)N1. The van der Waals surface area contributed by atoms with Crippen LogP contribution in [0.3, 0.4) is 0 Å². The number of nitrogens with zero attached hydrogens (tertiary/aromatic N) is 1. The molecule has 0 spiro atoms. The molecule has 4 aromatic rings. The average Bonchev–Trinajstić information content (AvgIpc) is 3.52. The number of benzene rings is 3. The van der Waals surface area contributed by atoms with Gasteiger partial charge >= 0.3 is 0 Å². The summed E-state index contributed by atoms with van der Waals surface area (Å²) in [5.74, 6) is 0.411. The molecule has 0 fully saturated rings. The molecule has 0 saturated carbocycles. The van der Waals surface area contributed by atoms with E-state index in [9.17, 15) is 14.9 Å². The Morgan fingerprint density at radius 2 is 1.56 bits per heavy atom. The van der Waals surface area contributed by atoms with Crippen molar-refractivity contribution in [3.8, 4) is 17.6 Å². The first kappa shape index (κ1) is 27.8. The van der Waals surface area contributed by atoms with Gasteiger partial charge in [0.25, 0.3) is 5.91 Å². The smallest absolute Gasteiger partial charge is 0.254 e. The van der Waals surface area contributed by atoms with E-state index < -0.39 is 5.92 Å². The fraction of sp³-hybridized carbons (Fsp3) is 0.0938. The number of para-hydroxylation sites is 2. The lowest BCUT2D eigenvalue weighted by molar-refractivity contribution is -0.114. The summed E-state index contributed by atoms with van der Waals surface area (Å²) in [5, 5.41) is 21.7. The zero-order valence-electron chi connectivity index (χ0n) is 22.1. The van der Waals surface area contributed by atoms with Crippen LogP contribution in [0.5, 0.6) is 11.5 Å². The second kappa shape index (κ2) is 13.0. The van der Waals surface area contributed by atoms with Gasteiger partial charge in [-0.2, -0.15) is 5.26 Å². The Labute approximate surface area is 246 Å². The molecule has 9 heteroatoms. The van der Waals surface area contributed by atoms with Crippen molar-refractivity contribution in [2.45, 2.75) is 12.8 Å². The number of carbonyl (C=O) groups is 2. The highest BCUT2D eigenvalue weighted by atomic mass is 32.2. The van der Waals surface area contributed by atoms with Crippen LogP contribution in [-0.4, -0.2) is 17.6 Å². The Morgan fingerprint density at radius 1 is 0.902 bits per heavy atom. The van der Waals surface area contributed by atoms with Crippen molar-refractivity contribution in [1.29, 1.82) is 5.26 Å². The molecule has 1 aliphatic heterocycles. The normalized spacial score (nSPS) is 14.6. The quantitative estimate of drug-likeness (QED) is 0.193. The van der Waals surface area contributed by atoms with Gasteiger partial charge in [-0.15, -0.1) is 11.3 Å². The Hall–Kier alpha value is -4.78. The molecule has 1 aliphatic rings. The summed E-state index contributed by atoms with van der Waals surface area (Å²) in [7, 11) is 0. The van der Waals surface area contributed by atoms with Crippen LogP contribution in [0, 0.1) is 11.3 Å². The van der Waals surface area contributed by atoms with Crippen molar-refractivity contribution in [3.63, 3.8) is 0 Å². The minimum absolute atomic E-state index is 0.0752. The van der Waals surface area contributed by atoms with E-state index in [-0.39, 0.29) is 17.6 Å². The van der Waals surface area contributed by atoms with Gasteiger partial charge in [0.1, 0.15) is 11.5 Å². The summed E-state index contributed by atoms with van der Waals surface area (Å²) in [6.07, 6.45) is 0. The van der Waals surface area contributed by atoms with Crippen LogP contribution in [0.2, 0.25) is 0 Å². The number of anilines is 2.